The Morgan fingerprint density at radius 2 is 1.86 bits per heavy atom. The van der Waals surface area contributed by atoms with Crippen LogP contribution in [0.5, 0.6) is 0 Å². The summed E-state index contributed by atoms with van der Waals surface area (Å²) in [5, 5.41) is 0. The number of carbonyl (C=O) groups is 2. The van der Waals surface area contributed by atoms with Gasteiger partial charge in [-0.3, -0.25) is 9.59 Å². The summed E-state index contributed by atoms with van der Waals surface area (Å²) in [5.41, 5.74) is 5.46. The predicted octanol–water partition coefficient (Wildman–Crippen LogP) is 1.94. The lowest BCUT2D eigenvalue weighted by Crippen LogP contribution is -2.51. The van der Waals surface area contributed by atoms with E-state index in [1.165, 1.54) is 0 Å². The van der Waals surface area contributed by atoms with Crippen LogP contribution in [-0.4, -0.2) is 43.0 Å². The number of hydrogen-bond acceptors (Lipinski definition) is 4. The maximum absolute atomic E-state index is 13.0. The Hall–Kier alpha value is -1.10. The molecule has 0 heterocycles. The Balaban J connectivity index is 2.84. The number of nitrogens with zero attached hydrogens (tertiary/aromatic N) is 1. The van der Waals surface area contributed by atoms with Gasteiger partial charge in [0.05, 0.1) is 12.0 Å². The maximum Gasteiger partial charge on any atom is 0.325 e. The summed E-state index contributed by atoms with van der Waals surface area (Å²) in [6.07, 6.45) is 4.91. The SMILES string of the molecule is CCOC(=O)CN(CC(C)C)C(=O)C1(CN)CCCCC1. The summed E-state index contributed by atoms with van der Waals surface area (Å²) in [6, 6.07) is 0. The molecule has 21 heavy (non-hydrogen) atoms. The Labute approximate surface area is 128 Å². The Kier molecular flexibility index (Phi) is 7.15. The van der Waals surface area contributed by atoms with Gasteiger partial charge in [-0.1, -0.05) is 33.1 Å². The van der Waals surface area contributed by atoms with Crippen molar-refractivity contribution in [2.45, 2.75) is 52.9 Å². The number of rotatable bonds is 7. The Morgan fingerprint density at radius 1 is 1.24 bits per heavy atom. The molecule has 2 N–H and O–H groups in total. The highest BCUT2D eigenvalue weighted by atomic mass is 16.5. The molecule has 122 valence electrons. The topological polar surface area (TPSA) is 72.6 Å². The summed E-state index contributed by atoms with van der Waals surface area (Å²) < 4.78 is 4.99. The van der Waals surface area contributed by atoms with Gasteiger partial charge in [0.1, 0.15) is 6.54 Å². The summed E-state index contributed by atoms with van der Waals surface area (Å²) in [4.78, 5) is 26.4. The fourth-order valence-corrected chi connectivity index (χ4v) is 3.09. The third kappa shape index (κ3) is 4.99. The molecule has 0 radical (unpaired) electrons. The van der Waals surface area contributed by atoms with Gasteiger partial charge in [0.2, 0.25) is 5.91 Å². The van der Waals surface area contributed by atoms with Crippen LogP contribution < -0.4 is 5.73 Å². The van der Waals surface area contributed by atoms with E-state index in [1.807, 2.05) is 13.8 Å². The number of ether oxygens (including phenoxy) is 1. The average Bonchev–Trinajstić information content (AvgIpc) is 2.46. The Bertz CT molecular complexity index is 349. The molecule has 5 heteroatoms. The molecule has 1 fully saturated rings. The Morgan fingerprint density at radius 3 is 2.33 bits per heavy atom. The van der Waals surface area contributed by atoms with Gasteiger partial charge in [-0.2, -0.15) is 0 Å². The second-order valence-corrected chi connectivity index (χ2v) is 6.43. The average molecular weight is 298 g/mol. The number of hydrogen-bond donors (Lipinski definition) is 1. The van der Waals surface area contributed by atoms with E-state index < -0.39 is 5.41 Å². The lowest BCUT2D eigenvalue weighted by atomic mass is 9.73. The standard InChI is InChI=1S/C16H30N2O3/c1-4-21-14(19)11-18(10-13(2)3)15(20)16(12-17)8-6-5-7-9-16/h13H,4-12,17H2,1-3H3. The highest BCUT2D eigenvalue weighted by molar-refractivity contribution is 5.86. The first kappa shape index (κ1) is 18.0. The molecule has 1 aliphatic rings. The van der Waals surface area contributed by atoms with Crippen molar-refractivity contribution in [3.8, 4) is 0 Å². The summed E-state index contributed by atoms with van der Waals surface area (Å²) in [7, 11) is 0. The molecule has 5 nitrogen and oxygen atoms in total. The molecule has 0 bridgehead atoms. The van der Waals surface area contributed by atoms with Crippen molar-refractivity contribution >= 4 is 11.9 Å². The lowest BCUT2D eigenvalue weighted by molar-refractivity contribution is -0.154. The van der Waals surface area contributed by atoms with Crippen LogP contribution in [0.1, 0.15) is 52.9 Å². The van der Waals surface area contributed by atoms with E-state index in [0.717, 1.165) is 32.1 Å². The minimum atomic E-state index is -0.473. The van der Waals surface area contributed by atoms with Gasteiger partial charge < -0.3 is 15.4 Å². The fourth-order valence-electron chi connectivity index (χ4n) is 3.09. The molecule has 1 saturated carbocycles. The molecule has 0 aromatic heterocycles. The molecular formula is C16H30N2O3. The summed E-state index contributed by atoms with van der Waals surface area (Å²) >= 11 is 0. The maximum atomic E-state index is 13.0. The number of amides is 1. The fraction of sp³-hybridized carbons (Fsp3) is 0.875. The van der Waals surface area contributed by atoms with Crippen LogP contribution in [0.2, 0.25) is 0 Å². The number of esters is 1. The zero-order valence-electron chi connectivity index (χ0n) is 13.7. The lowest BCUT2D eigenvalue weighted by Gasteiger charge is -2.39. The normalized spacial score (nSPS) is 17.6. The van der Waals surface area contributed by atoms with E-state index in [4.69, 9.17) is 10.5 Å². The van der Waals surface area contributed by atoms with Gasteiger partial charge >= 0.3 is 5.97 Å². The van der Waals surface area contributed by atoms with Crippen molar-refractivity contribution in [1.29, 1.82) is 0 Å². The van der Waals surface area contributed by atoms with Crippen molar-refractivity contribution in [3.05, 3.63) is 0 Å². The van der Waals surface area contributed by atoms with E-state index >= 15 is 0 Å². The van der Waals surface area contributed by atoms with Crippen LogP contribution in [0.25, 0.3) is 0 Å². The van der Waals surface area contributed by atoms with E-state index in [9.17, 15) is 9.59 Å². The summed E-state index contributed by atoms with van der Waals surface area (Å²) in [6.45, 7) is 7.16. The van der Waals surface area contributed by atoms with Gasteiger partial charge in [0.25, 0.3) is 0 Å². The van der Waals surface area contributed by atoms with Gasteiger partial charge in [0.15, 0.2) is 0 Å². The molecule has 0 saturated heterocycles. The van der Waals surface area contributed by atoms with Crippen molar-refractivity contribution in [2.75, 3.05) is 26.2 Å². The largest absolute Gasteiger partial charge is 0.465 e. The molecule has 0 atom stereocenters. The first-order valence-corrected chi connectivity index (χ1v) is 8.10. The third-order valence-electron chi connectivity index (χ3n) is 4.15. The van der Waals surface area contributed by atoms with Gasteiger partial charge in [-0.05, 0) is 25.7 Å². The zero-order valence-corrected chi connectivity index (χ0v) is 13.7. The third-order valence-corrected chi connectivity index (χ3v) is 4.15. The predicted molar refractivity (Wildman–Crippen MR) is 82.6 cm³/mol. The number of nitrogens with two attached hydrogens (primary N) is 1. The molecule has 1 rings (SSSR count). The van der Waals surface area contributed by atoms with Crippen molar-refractivity contribution < 1.29 is 14.3 Å². The van der Waals surface area contributed by atoms with Crippen LogP contribution >= 0.6 is 0 Å². The quantitative estimate of drug-likeness (QED) is 0.729. The molecule has 0 aliphatic heterocycles. The van der Waals surface area contributed by atoms with Crippen LogP contribution in [0, 0.1) is 11.3 Å². The highest BCUT2D eigenvalue weighted by Gasteiger charge is 2.41. The number of carbonyl (C=O) groups excluding carboxylic acids is 2. The van der Waals surface area contributed by atoms with E-state index in [1.54, 1.807) is 11.8 Å². The van der Waals surface area contributed by atoms with Gasteiger partial charge in [-0.15, -0.1) is 0 Å². The molecule has 0 unspecified atom stereocenters. The zero-order chi connectivity index (χ0) is 15.9. The van der Waals surface area contributed by atoms with Crippen molar-refractivity contribution in [2.24, 2.45) is 17.1 Å². The van der Waals surface area contributed by atoms with Crippen LogP contribution in [0.3, 0.4) is 0 Å². The van der Waals surface area contributed by atoms with Crippen LogP contribution in [0.4, 0.5) is 0 Å². The first-order valence-electron chi connectivity index (χ1n) is 8.10. The van der Waals surface area contributed by atoms with Gasteiger partial charge in [0, 0.05) is 13.1 Å². The molecule has 0 spiro atoms. The minimum absolute atomic E-state index is 0.0338. The van der Waals surface area contributed by atoms with E-state index in [0.29, 0.717) is 25.6 Å². The molecule has 1 amide bonds. The van der Waals surface area contributed by atoms with Crippen molar-refractivity contribution in [1.82, 2.24) is 4.90 Å². The van der Waals surface area contributed by atoms with E-state index in [2.05, 4.69) is 0 Å². The molecular weight excluding hydrogens is 268 g/mol. The molecule has 0 aromatic rings. The molecule has 1 aliphatic carbocycles. The van der Waals surface area contributed by atoms with E-state index in [-0.39, 0.29) is 18.4 Å². The summed E-state index contributed by atoms with van der Waals surface area (Å²) in [5.74, 6) is 0.00252. The van der Waals surface area contributed by atoms with Crippen LogP contribution in [-0.2, 0) is 14.3 Å². The second-order valence-electron chi connectivity index (χ2n) is 6.43. The first-order chi connectivity index (χ1) is 9.95. The smallest absolute Gasteiger partial charge is 0.325 e. The van der Waals surface area contributed by atoms with Gasteiger partial charge in [-0.25, -0.2) is 0 Å². The second kappa shape index (κ2) is 8.37. The highest BCUT2D eigenvalue weighted by Crippen LogP contribution is 2.37. The monoisotopic (exact) mass is 298 g/mol. The molecule has 0 aromatic carbocycles. The van der Waals surface area contributed by atoms with Crippen LogP contribution in [0.15, 0.2) is 0 Å². The minimum Gasteiger partial charge on any atom is -0.465 e. The van der Waals surface area contributed by atoms with Crippen molar-refractivity contribution in [3.63, 3.8) is 0 Å².